The molecule has 0 saturated heterocycles. The average molecular weight is 868 g/mol. The normalized spacial score (nSPS) is 15.2. The molecule has 0 aliphatic heterocycles. The van der Waals surface area contributed by atoms with Gasteiger partial charge in [-0.2, -0.15) is 0 Å². The number of fused-ring (bicyclic) bond motifs is 9. The molecule has 0 saturated carbocycles. The van der Waals surface area contributed by atoms with E-state index in [4.69, 9.17) is 0 Å². The van der Waals surface area contributed by atoms with Crippen molar-refractivity contribution in [2.45, 2.75) is 31.6 Å². The van der Waals surface area contributed by atoms with Crippen molar-refractivity contribution in [1.29, 1.82) is 0 Å². The lowest BCUT2D eigenvalue weighted by atomic mass is 9.74. The number of hydrogen-bond donors (Lipinski definition) is 0. The molecule has 2 aliphatic rings. The van der Waals surface area contributed by atoms with Crippen molar-refractivity contribution >= 4 is 38.6 Å². The maximum Gasteiger partial charge on any atom is 0.0467 e. The van der Waals surface area contributed by atoms with Crippen molar-refractivity contribution in [3.8, 4) is 55.6 Å². The lowest BCUT2D eigenvalue weighted by Crippen LogP contribution is -2.22. The Labute approximate surface area is 399 Å². The van der Waals surface area contributed by atoms with E-state index in [9.17, 15) is 0 Å². The topological polar surface area (TPSA) is 3.24 Å². The van der Waals surface area contributed by atoms with E-state index in [1.165, 1.54) is 105 Å². The summed E-state index contributed by atoms with van der Waals surface area (Å²) in [6.45, 7) is 7.14. The second-order valence-corrected chi connectivity index (χ2v) is 19.4. The van der Waals surface area contributed by atoms with E-state index in [1.54, 1.807) is 0 Å². The van der Waals surface area contributed by atoms with Crippen LogP contribution in [0.25, 0.3) is 77.2 Å². The molecular weight excluding hydrogens is 819 g/mol. The van der Waals surface area contributed by atoms with Crippen LogP contribution in [0.2, 0.25) is 0 Å². The van der Waals surface area contributed by atoms with Crippen LogP contribution in [0, 0.1) is 0 Å². The van der Waals surface area contributed by atoms with Crippen LogP contribution >= 0.6 is 0 Å². The van der Waals surface area contributed by atoms with Crippen molar-refractivity contribution in [3.05, 3.63) is 270 Å². The Morgan fingerprint density at radius 3 is 1.66 bits per heavy atom. The van der Waals surface area contributed by atoms with Crippen LogP contribution in [0.5, 0.6) is 0 Å². The van der Waals surface area contributed by atoms with Gasteiger partial charge in [0.15, 0.2) is 0 Å². The average Bonchev–Trinajstić information content (AvgIpc) is 3.80. The van der Waals surface area contributed by atoms with E-state index in [2.05, 4.69) is 268 Å². The largest absolute Gasteiger partial charge is 0.310 e. The SMILES string of the molecule is CC1(C)c2ccccc2-c2cccc(-c3cccc(N(c4ccc(-c5ccc6c(c5)C(C)(c5ccccc5)c5ccccc5-6)cc4)c4ccc(-c5cccc6c5ccc5ccccc56)cc4)c3)c21. The second kappa shape index (κ2) is 15.4. The number of hydrogen-bond acceptors (Lipinski definition) is 1. The van der Waals surface area contributed by atoms with Crippen molar-refractivity contribution in [2.75, 3.05) is 4.90 Å². The minimum Gasteiger partial charge on any atom is -0.310 e. The summed E-state index contributed by atoms with van der Waals surface area (Å²) in [5.74, 6) is 0. The van der Waals surface area contributed by atoms with Crippen molar-refractivity contribution in [3.63, 3.8) is 0 Å². The van der Waals surface area contributed by atoms with Gasteiger partial charge in [0, 0.05) is 27.9 Å². The molecule has 2 aliphatic carbocycles. The first-order chi connectivity index (χ1) is 33.4. The fourth-order valence-electron chi connectivity index (χ4n) is 12.0. The van der Waals surface area contributed by atoms with Crippen LogP contribution in [0.4, 0.5) is 17.1 Å². The molecule has 0 bridgehead atoms. The number of rotatable bonds is 7. The van der Waals surface area contributed by atoms with Gasteiger partial charge in [-0.05, 0) is 154 Å². The van der Waals surface area contributed by atoms with Crippen LogP contribution in [-0.4, -0.2) is 0 Å². The first kappa shape index (κ1) is 40.1. The Morgan fingerprint density at radius 1 is 0.294 bits per heavy atom. The fourth-order valence-corrected chi connectivity index (χ4v) is 12.0. The highest BCUT2D eigenvalue weighted by Crippen LogP contribution is 2.54. The van der Waals surface area contributed by atoms with Gasteiger partial charge < -0.3 is 4.90 Å². The van der Waals surface area contributed by atoms with Gasteiger partial charge in [0.1, 0.15) is 0 Å². The fraction of sp³-hybridized carbons (Fsp3) is 0.0746. The minimum atomic E-state index is -0.256. The van der Waals surface area contributed by atoms with Crippen LogP contribution < -0.4 is 4.90 Å². The Hall–Kier alpha value is -8.26. The molecular formula is C67H49N. The van der Waals surface area contributed by atoms with E-state index in [0.717, 1.165) is 17.1 Å². The molecule has 0 heterocycles. The van der Waals surface area contributed by atoms with Gasteiger partial charge in [0.05, 0.1) is 0 Å². The summed E-state index contributed by atoms with van der Waals surface area (Å²) in [4.78, 5) is 2.42. The van der Waals surface area contributed by atoms with E-state index >= 15 is 0 Å². The van der Waals surface area contributed by atoms with E-state index in [-0.39, 0.29) is 10.8 Å². The molecule has 0 amide bonds. The maximum atomic E-state index is 2.44. The van der Waals surface area contributed by atoms with Crippen LogP contribution in [-0.2, 0) is 10.8 Å². The van der Waals surface area contributed by atoms with Crippen LogP contribution in [0.15, 0.2) is 243 Å². The minimum absolute atomic E-state index is 0.128. The summed E-state index contributed by atoms with van der Waals surface area (Å²) in [5, 5.41) is 5.08. The van der Waals surface area contributed by atoms with Crippen molar-refractivity contribution in [1.82, 2.24) is 0 Å². The van der Waals surface area contributed by atoms with Gasteiger partial charge in [-0.15, -0.1) is 0 Å². The van der Waals surface area contributed by atoms with Crippen molar-refractivity contribution < 1.29 is 0 Å². The zero-order valence-electron chi connectivity index (χ0n) is 38.5. The Balaban J connectivity index is 0.921. The van der Waals surface area contributed by atoms with Gasteiger partial charge in [-0.1, -0.05) is 214 Å². The second-order valence-electron chi connectivity index (χ2n) is 19.4. The lowest BCUT2D eigenvalue weighted by Gasteiger charge is -2.29. The van der Waals surface area contributed by atoms with E-state index in [0.29, 0.717) is 0 Å². The summed E-state index contributed by atoms with van der Waals surface area (Å²) < 4.78 is 0. The number of benzene rings is 11. The summed E-state index contributed by atoms with van der Waals surface area (Å²) in [6, 6.07) is 90.2. The third kappa shape index (κ3) is 6.09. The van der Waals surface area contributed by atoms with E-state index in [1.807, 2.05) is 0 Å². The molecule has 68 heavy (non-hydrogen) atoms. The molecule has 1 heteroatoms. The molecule has 11 aromatic carbocycles. The zero-order valence-corrected chi connectivity index (χ0v) is 38.5. The molecule has 0 N–H and O–H groups in total. The quantitative estimate of drug-likeness (QED) is 0.144. The molecule has 0 aromatic heterocycles. The highest BCUT2D eigenvalue weighted by Gasteiger charge is 2.41. The lowest BCUT2D eigenvalue weighted by molar-refractivity contribution is 0.662. The van der Waals surface area contributed by atoms with E-state index < -0.39 is 0 Å². The summed E-state index contributed by atoms with van der Waals surface area (Å²) >= 11 is 0. The van der Waals surface area contributed by atoms with Gasteiger partial charge in [0.25, 0.3) is 0 Å². The van der Waals surface area contributed by atoms with Gasteiger partial charge in [-0.25, -0.2) is 0 Å². The number of anilines is 3. The standard InChI is InChI=1S/C67H49N/c1-66(2)62-28-11-9-23-59(62)61-27-15-25-55(65(61)66)48-17-13-20-52(42-48)68(51-38-32-46(33-39-51)54-24-14-26-56-53-21-8-7-16-45(53)34-40-57(54)56)50-36-30-44(31-37-50)47-35-41-60-58-22-10-12-29-63(58)67(3,64(60)43-47)49-18-5-4-6-19-49/h4-43H,1-3H3. The van der Waals surface area contributed by atoms with Crippen LogP contribution in [0.1, 0.15) is 48.6 Å². The smallest absolute Gasteiger partial charge is 0.0467 e. The Bertz CT molecular complexity index is 3770. The van der Waals surface area contributed by atoms with Gasteiger partial charge in [-0.3, -0.25) is 0 Å². The summed E-state index contributed by atoms with van der Waals surface area (Å²) in [6.07, 6.45) is 0. The number of nitrogens with zero attached hydrogens (tertiary/aromatic N) is 1. The first-order valence-electron chi connectivity index (χ1n) is 23.9. The molecule has 0 radical (unpaired) electrons. The Kier molecular flexibility index (Phi) is 9.07. The van der Waals surface area contributed by atoms with Gasteiger partial charge in [0.2, 0.25) is 0 Å². The maximum absolute atomic E-state index is 2.44. The summed E-state index contributed by atoms with van der Waals surface area (Å²) in [7, 11) is 0. The highest BCUT2D eigenvalue weighted by molar-refractivity contribution is 6.12. The third-order valence-corrected chi connectivity index (χ3v) is 15.3. The molecule has 13 rings (SSSR count). The van der Waals surface area contributed by atoms with Crippen LogP contribution in [0.3, 0.4) is 0 Å². The third-order valence-electron chi connectivity index (χ3n) is 15.3. The van der Waals surface area contributed by atoms with Gasteiger partial charge >= 0.3 is 0 Å². The predicted molar refractivity (Wildman–Crippen MR) is 287 cm³/mol. The molecule has 1 nitrogen and oxygen atoms in total. The highest BCUT2D eigenvalue weighted by atomic mass is 15.1. The van der Waals surface area contributed by atoms with Crippen molar-refractivity contribution in [2.24, 2.45) is 0 Å². The molecule has 0 fully saturated rings. The Morgan fingerprint density at radius 2 is 0.868 bits per heavy atom. The molecule has 1 unspecified atom stereocenters. The molecule has 1 atom stereocenters. The molecule has 0 spiro atoms. The predicted octanol–water partition coefficient (Wildman–Crippen LogP) is 18.1. The zero-order chi connectivity index (χ0) is 45.6. The monoisotopic (exact) mass is 867 g/mol. The first-order valence-corrected chi connectivity index (χ1v) is 23.9. The molecule has 322 valence electrons. The molecule has 11 aromatic rings. The summed E-state index contributed by atoms with van der Waals surface area (Å²) in [5.41, 5.74) is 22.4.